The number of nitrogens with one attached hydrogen (secondary N) is 1. The Morgan fingerprint density at radius 3 is 2.71 bits per heavy atom. The van der Waals surface area contributed by atoms with E-state index < -0.39 is 14.9 Å². The molecule has 2 rings (SSSR count). The number of sulfonamides is 1. The van der Waals surface area contributed by atoms with Crippen LogP contribution in [0.2, 0.25) is 0 Å². The molecule has 0 unspecified atom stereocenters. The maximum Gasteiger partial charge on any atom is 0.271 e. The minimum absolute atomic E-state index is 0.00950. The predicted octanol–water partition coefficient (Wildman–Crippen LogP) is 1.92. The third-order valence-electron chi connectivity index (χ3n) is 2.92. The molecule has 1 heterocycles. The summed E-state index contributed by atoms with van der Waals surface area (Å²) in [4.78, 5) is 10.2. The van der Waals surface area contributed by atoms with Crippen LogP contribution < -0.4 is 4.72 Å². The lowest BCUT2D eigenvalue weighted by Gasteiger charge is -2.08. The zero-order valence-electron chi connectivity index (χ0n) is 11.5. The van der Waals surface area contributed by atoms with Crippen molar-refractivity contribution >= 4 is 21.4 Å². The number of hydrogen-bond acceptors (Lipinski definition) is 5. The van der Waals surface area contributed by atoms with E-state index >= 15 is 0 Å². The lowest BCUT2D eigenvalue weighted by molar-refractivity contribution is -0.384. The monoisotopic (exact) mass is 310 g/mol. The molecule has 0 atom stereocenters. The molecule has 0 saturated carbocycles. The van der Waals surface area contributed by atoms with Crippen LogP contribution in [0.4, 0.5) is 11.4 Å². The highest BCUT2D eigenvalue weighted by atomic mass is 32.2. The minimum Gasteiger partial charge on any atom is -0.279 e. The first kappa shape index (κ1) is 15.0. The zero-order chi connectivity index (χ0) is 15.6. The quantitative estimate of drug-likeness (QED) is 0.670. The van der Waals surface area contributed by atoms with Gasteiger partial charge in [0.1, 0.15) is 4.90 Å². The number of nitro benzene ring substituents is 1. The maximum absolute atomic E-state index is 12.2. The molecule has 0 bridgehead atoms. The van der Waals surface area contributed by atoms with Gasteiger partial charge in [0.2, 0.25) is 0 Å². The molecule has 112 valence electrons. The topological polar surface area (TPSA) is 107 Å². The van der Waals surface area contributed by atoms with E-state index in [4.69, 9.17) is 0 Å². The van der Waals surface area contributed by atoms with Crippen molar-refractivity contribution < 1.29 is 13.3 Å². The standard InChI is InChI=1S/C12H14N4O4S/c1-3-15-8-11(7-13-15)21(19,20)14-12-6-10(16(17)18)5-4-9(12)2/h4-8,14H,3H2,1-2H3. The van der Waals surface area contributed by atoms with E-state index in [9.17, 15) is 18.5 Å². The van der Waals surface area contributed by atoms with Crippen LogP contribution in [0.15, 0.2) is 35.5 Å². The van der Waals surface area contributed by atoms with Gasteiger partial charge < -0.3 is 0 Å². The molecule has 1 N–H and O–H groups in total. The van der Waals surface area contributed by atoms with E-state index in [2.05, 4.69) is 9.82 Å². The summed E-state index contributed by atoms with van der Waals surface area (Å²) < 4.78 is 28.3. The van der Waals surface area contributed by atoms with Crippen molar-refractivity contribution in [1.29, 1.82) is 0 Å². The average Bonchev–Trinajstić information content (AvgIpc) is 2.90. The summed E-state index contributed by atoms with van der Waals surface area (Å²) in [5, 5.41) is 14.7. The molecule has 1 aromatic heterocycles. The first-order valence-corrected chi connectivity index (χ1v) is 7.62. The van der Waals surface area contributed by atoms with Gasteiger partial charge in [-0.05, 0) is 19.4 Å². The molecule has 0 fully saturated rings. The van der Waals surface area contributed by atoms with Crippen LogP contribution in [-0.2, 0) is 16.6 Å². The van der Waals surface area contributed by atoms with E-state index in [0.717, 1.165) is 0 Å². The highest BCUT2D eigenvalue weighted by molar-refractivity contribution is 7.92. The molecule has 0 spiro atoms. The Morgan fingerprint density at radius 2 is 2.14 bits per heavy atom. The van der Waals surface area contributed by atoms with Gasteiger partial charge in [-0.1, -0.05) is 6.07 Å². The van der Waals surface area contributed by atoms with Gasteiger partial charge in [0.05, 0.1) is 16.8 Å². The molecular weight excluding hydrogens is 296 g/mol. The number of anilines is 1. The van der Waals surface area contributed by atoms with Crippen LogP contribution in [0.5, 0.6) is 0 Å². The van der Waals surface area contributed by atoms with Crippen LogP contribution in [0.3, 0.4) is 0 Å². The number of aromatic nitrogens is 2. The van der Waals surface area contributed by atoms with Crippen molar-refractivity contribution in [2.45, 2.75) is 25.3 Å². The third-order valence-corrected chi connectivity index (χ3v) is 4.24. The third kappa shape index (κ3) is 3.19. The van der Waals surface area contributed by atoms with Crippen molar-refractivity contribution in [1.82, 2.24) is 9.78 Å². The molecule has 8 nitrogen and oxygen atoms in total. The Morgan fingerprint density at radius 1 is 1.43 bits per heavy atom. The van der Waals surface area contributed by atoms with Crippen molar-refractivity contribution in [2.24, 2.45) is 0 Å². The molecule has 0 amide bonds. The molecule has 1 aromatic carbocycles. The normalized spacial score (nSPS) is 11.3. The van der Waals surface area contributed by atoms with Gasteiger partial charge in [0.25, 0.3) is 15.7 Å². The fraction of sp³-hybridized carbons (Fsp3) is 0.250. The van der Waals surface area contributed by atoms with Crippen molar-refractivity contribution in [2.75, 3.05) is 4.72 Å². The Labute approximate surface area is 121 Å². The summed E-state index contributed by atoms with van der Waals surface area (Å²) in [7, 11) is -3.82. The van der Waals surface area contributed by atoms with Gasteiger partial charge in [-0.2, -0.15) is 5.10 Å². The van der Waals surface area contributed by atoms with E-state index in [0.29, 0.717) is 12.1 Å². The first-order chi connectivity index (χ1) is 9.83. The number of aryl methyl sites for hydroxylation is 2. The lowest BCUT2D eigenvalue weighted by Crippen LogP contribution is -2.13. The molecule has 0 radical (unpaired) electrons. The summed E-state index contributed by atoms with van der Waals surface area (Å²) in [6.07, 6.45) is 2.63. The van der Waals surface area contributed by atoms with Crippen molar-refractivity contribution in [3.63, 3.8) is 0 Å². The van der Waals surface area contributed by atoms with Crippen LogP contribution in [-0.4, -0.2) is 23.1 Å². The number of hydrogen-bond donors (Lipinski definition) is 1. The second kappa shape index (κ2) is 5.52. The Balaban J connectivity index is 2.36. The van der Waals surface area contributed by atoms with Crippen LogP contribution >= 0.6 is 0 Å². The first-order valence-electron chi connectivity index (χ1n) is 6.14. The van der Waals surface area contributed by atoms with E-state index in [-0.39, 0.29) is 16.3 Å². The molecule has 0 saturated heterocycles. The maximum atomic E-state index is 12.2. The van der Waals surface area contributed by atoms with E-state index in [1.807, 2.05) is 6.92 Å². The molecule has 21 heavy (non-hydrogen) atoms. The number of rotatable bonds is 5. The second-order valence-corrected chi connectivity index (χ2v) is 6.08. The van der Waals surface area contributed by atoms with Gasteiger partial charge in [-0.15, -0.1) is 0 Å². The molecule has 0 aliphatic rings. The van der Waals surface area contributed by atoms with Gasteiger partial charge >= 0.3 is 0 Å². The molecule has 0 aliphatic heterocycles. The summed E-state index contributed by atoms with van der Waals surface area (Å²) in [5.74, 6) is 0. The number of nitrogens with zero attached hydrogens (tertiary/aromatic N) is 3. The van der Waals surface area contributed by atoms with Gasteiger partial charge in [-0.25, -0.2) is 8.42 Å². The van der Waals surface area contributed by atoms with E-state index in [1.165, 1.54) is 35.3 Å². The highest BCUT2D eigenvalue weighted by Crippen LogP contribution is 2.24. The highest BCUT2D eigenvalue weighted by Gasteiger charge is 2.19. The Kier molecular flexibility index (Phi) is 3.94. The molecular formula is C12H14N4O4S. The summed E-state index contributed by atoms with van der Waals surface area (Å²) >= 11 is 0. The van der Waals surface area contributed by atoms with Crippen LogP contribution in [0.25, 0.3) is 0 Å². The molecule has 9 heteroatoms. The van der Waals surface area contributed by atoms with Gasteiger partial charge in [-0.3, -0.25) is 19.5 Å². The summed E-state index contributed by atoms with van der Waals surface area (Å²) in [6, 6.07) is 4.00. The van der Waals surface area contributed by atoms with E-state index in [1.54, 1.807) is 6.92 Å². The number of nitro groups is 1. The van der Waals surface area contributed by atoms with Gasteiger partial charge in [0, 0.05) is 24.9 Å². The zero-order valence-corrected chi connectivity index (χ0v) is 12.3. The van der Waals surface area contributed by atoms with Gasteiger partial charge in [0.15, 0.2) is 0 Å². The molecule has 2 aromatic rings. The SMILES string of the molecule is CCn1cc(S(=O)(=O)Nc2cc([N+](=O)[O-])ccc2C)cn1. The Hall–Kier alpha value is -2.42. The average molecular weight is 310 g/mol. The lowest BCUT2D eigenvalue weighted by atomic mass is 10.2. The summed E-state index contributed by atoms with van der Waals surface area (Å²) in [5.41, 5.74) is 0.586. The van der Waals surface area contributed by atoms with Crippen LogP contribution in [0.1, 0.15) is 12.5 Å². The van der Waals surface area contributed by atoms with Crippen LogP contribution in [0, 0.1) is 17.0 Å². The second-order valence-electron chi connectivity index (χ2n) is 4.39. The largest absolute Gasteiger partial charge is 0.279 e. The smallest absolute Gasteiger partial charge is 0.271 e. The minimum atomic E-state index is -3.82. The Bertz CT molecular complexity index is 782. The number of benzene rings is 1. The molecule has 0 aliphatic carbocycles. The van der Waals surface area contributed by atoms with Crippen molar-refractivity contribution in [3.05, 3.63) is 46.3 Å². The fourth-order valence-corrected chi connectivity index (χ4v) is 2.77. The predicted molar refractivity (Wildman–Crippen MR) is 76.5 cm³/mol. The fourth-order valence-electron chi connectivity index (χ4n) is 1.69. The summed E-state index contributed by atoms with van der Waals surface area (Å²) in [6.45, 7) is 4.05. The van der Waals surface area contributed by atoms with Crippen molar-refractivity contribution in [3.8, 4) is 0 Å². The number of non-ortho nitro benzene ring substituents is 1.